The van der Waals surface area contributed by atoms with Crippen molar-refractivity contribution in [3.63, 3.8) is 0 Å². The number of hydrogen-bond donors (Lipinski definition) is 2. The van der Waals surface area contributed by atoms with Crippen LogP contribution in [0.1, 0.15) is 29.6 Å². The zero-order chi connectivity index (χ0) is 15.8. The number of ether oxygens (including phenoxy) is 1. The molecule has 114 valence electrons. The van der Waals surface area contributed by atoms with Gasteiger partial charge < -0.3 is 15.2 Å². The second-order valence-corrected chi connectivity index (χ2v) is 4.25. The Kier molecular flexibility index (Phi) is 6.12. The lowest BCUT2D eigenvalue weighted by atomic mass is 10.1. The van der Waals surface area contributed by atoms with Crippen LogP contribution >= 0.6 is 0 Å². The number of carbonyl (C=O) groups is 2. The first-order valence-corrected chi connectivity index (χ1v) is 6.28. The van der Waals surface area contributed by atoms with Crippen molar-refractivity contribution in [2.75, 3.05) is 13.7 Å². The van der Waals surface area contributed by atoms with Gasteiger partial charge in [0.05, 0.1) is 12.0 Å². The normalized spacial score (nSPS) is 9.95. The molecule has 0 aliphatic heterocycles. The summed E-state index contributed by atoms with van der Waals surface area (Å²) in [6.45, 7) is 0.339. The third kappa shape index (κ3) is 5.09. The summed E-state index contributed by atoms with van der Waals surface area (Å²) in [4.78, 5) is 32.3. The number of carboxylic acids is 1. The Labute approximate surface area is 120 Å². The molecule has 1 aromatic rings. The summed E-state index contributed by atoms with van der Waals surface area (Å²) >= 11 is 0. The van der Waals surface area contributed by atoms with Gasteiger partial charge >= 0.3 is 11.7 Å². The molecule has 0 aromatic heterocycles. The maximum atomic E-state index is 11.8. The van der Waals surface area contributed by atoms with E-state index >= 15 is 0 Å². The van der Waals surface area contributed by atoms with E-state index in [9.17, 15) is 19.7 Å². The molecule has 2 N–H and O–H groups in total. The fraction of sp³-hybridized carbons (Fsp3) is 0.385. The van der Waals surface area contributed by atoms with Gasteiger partial charge in [0, 0.05) is 30.7 Å². The Morgan fingerprint density at radius 3 is 2.67 bits per heavy atom. The molecule has 1 aromatic carbocycles. The summed E-state index contributed by atoms with van der Waals surface area (Å²) in [5.41, 5.74) is 0.0335. The number of methoxy groups -OCH3 is 1. The monoisotopic (exact) mass is 296 g/mol. The van der Waals surface area contributed by atoms with Crippen LogP contribution in [0.15, 0.2) is 18.2 Å². The van der Waals surface area contributed by atoms with Gasteiger partial charge in [-0.15, -0.1) is 0 Å². The van der Waals surface area contributed by atoms with Crippen LogP contribution in [0.5, 0.6) is 5.75 Å². The fourth-order valence-corrected chi connectivity index (χ4v) is 1.67. The minimum absolute atomic E-state index is 0.0125. The molecular weight excluding hydrogens is 280 g/mol. The first kappa shape index (κ1) is 16.4. The molecule has 0 radical (unpaired) electrons. The number of aliphatic carboxylic acids is 1. The smallest absolute Gasteiger partial charge is 0.310 e. The van der Waals surface area contributed by atoms with Gasteiger partial charge in [0.15, 0.2) is 5.75 Å². The molecule has 0 atom stereocenters. The third-order valence-corrected chi connectivity index (χ3v) is 2.74. The highest BCUT2D eigenvalue weighted by Crippen LogP contribution is 2.27. The molecule has 0 aliphatic rings. The number of benzene rings is 1. The second-order valence-electron chi connectivity index (χ2n) is 4.25. The number of nitro benzene ring substituents is 1. The Morgan fingerprint density at radius 2 is 2.10 bits per heavy atom. The molecular formula is C13H16N2O6. The van der Waals surface area contributed by atoms with Crippen molar-refractivity contribution >= 4 is 17.6 Å². The van der Waals surface area contributed by atoms with Gasteiger partial charge in [0.2, 0.25) is 0 Å². The van der Waals surface area contributed by atoms with E-state index in [0.717, 1.165) is 0 Å². The summed E-state index contributed by atoms with van der Waals surface area (Å²) in [6.07, 6.45) is 1.07. The number of nitrogens with one attached hydrogen (secondary N) is 1. The molecule has 0 aliphatic carbocycles. The van der Waals surface area contributed by atoms with E-state index in [-0.39, 0.29) is 23.4 Å². The number of rotatable bonds is 8. The van der Waals surface area contributed by atoms with E-state index in [1.54, 1.807) is 0 Å². The highest BCUT2D eigenvalue weighted by Gasteiger charge is 2.17. The first-order valence-electron chi connectivity index (χ1n) is 6.28. The highest BCUT2D eigenvalue weighted by atomic mass is 16.6. The maximum Gasteiger partial charge on any atom is 0.310 e. The van der Waals surface area contributed by atoms with Crippen LogP contribution < -0.4 is 10.1 Å². The van der Waals surface area contributed by atoms with Crippen molar-refractivity contribution in [1.29, 1.82) is 0 Å². The SMILES string of the molecule is COc1cc(C(=O)NCCCCC(=O)O)ccc1[N+](=O)[O-]. The second kappa shape index (κ2) is 7.83. The molecule has 0 saturated heterocycles. The number of amides is 1. The molecule has 8 nitrogen and oxygen atoms in total. The lowest BCUT2D eigenvalue weighted by Gasteiger charge is -2.07. The van der Waals surface area contributed by atoms with E-state index < -0.39 is 16.8 Å². The molecule has 21 heavy (non-hydrogen) atoms. The molecule has 0 spiro atoms. The summed E-state index contributed by atoms with van der Waals surface area (Å²) in [5.74, 6) is -1.25. The van der Waals surface area contributed by atoms with Crippen molar-refractivity contribution in [3.8, 4) is 5.75 Å². The van der Waals surface area contributed by atoms with Gasteiger partial charge in [0.1, 0.15) is 0 Å². The minimum atomic E-state index is -0.874. The van der Waals surface area contributed by atoms with Crippen LogP contribution in [0, 0.1) is 10.1 Å². The Hall–Kier alpha value is -2.64. The number of nitro groups is 1. The molecule has 8 heteroatoms. The zero-order valence-electron chi connectivity index (χ0n) is 11.5. The fourth-order valence-electron chi connectivity index (χ4n) is 1.67. The maximum absolute atomic E-state index is 11.8. The molecule has 0 fully saturated rings. The predicted octanol–water partition coefficient (Wildman–Crippen LogP) is 1.59. The average molecular weight is 296 g/mol. The zero-order valence-corrected chi connectivity index (χ0v) is 11.5. The van der Waals surface area contributed by atoms with E-state index in [1.165, 1.54) is 25.3 Å². The van der Waals surface area contributed by atoms with Crippen LogP contribution in [-0.4, -0.2) is 35.6 Å². The third-order valence-electron chi connectivity index (χ3n) is 2.74. The van der Waals surface area contributed by atoms with Crippen LogP contribution in [0.4, 0.5) is 5.69 Å². The lowest BCUT2D eigenvalue weighted by Crippen LogP contribution is -2.24. The van der Waals surface area contributed by atoms with E-state index in [1.807, 2.05) is 0 Å². The lowest BCUT2D eigenvalue weighted by molar-refractivity contribution is -0.385. The predicted molar refractivity (Wildman–Crippen MR) is 73.5 cm³/mol. The molecule has 1 rings (SSSR count). The van der Waals surface area contributed by atoms with Crippen LogP contribution in [-0.2, 0) is 4.79 Å². The van der Waals surface area contributed by atoms with Crippen LogP contribution in [0.3, 0.4) is 0 Å². The Morgan fingerprint density at radius 1 is 1.38 bits per heavy atom. The molecule has 0 heterocycles. The minimum Gasteiger partial charge on any atom is -0.490 e. The van der Waals surface area contributed by atoms with Gasteiger partial charge in [-0.25, -0.2) is 0 Å². The van der Waals surface area contributed by atoms with Crippen molar-refractivity contribution in [2.45, 2.75) is 19.3 Å². The highest BCUT2D eigenvalue weighted by molar-refractivity contribution is 5.95. The quantitative estimate of drug-likeness (QED) is 0.427. The van der Waals surface area contributed by atoms with Gasteiger partial charge in [-0.05, 0) is 18.9 Å². The molecule has 0 unspecified atom stereocenters. The number of nitrogens with zero attached hydrogens (tertiary/aromatic N) is 1. The summed E-state index contributed by atoms with van der Waals surface area (Å²) in [7, 11) is 1.29. The van der Waals surface area contributed by atoms with Crippen molar-refractivity contribution in [1.82, 2.24) is 5.32 Å². The van der Waals surface area contributed by atoms with Crippen LogP contribution in [0.2, 0.25) is 0 Å². The van der Waals surface area contributed by atoms with Crippen LogP contribution in [0.25, 0.3) is 0 Å². The standard InChI is InChI=1S/C13H16N2O6/c1-21-11-8-9(5-6-10(11)15(19)20)13(18)14-7-3-2-4-12(16)17/h5-6,8H,2-4,7H2,1H3,(H,14,18)(H,16,17). The van der Waals surface area contributed by atoms with Gasteiger partial charge in [-0.3, -0.25) is 19.7 Å². The van der Waals surface area contributed by atoms with Gasteiger partial charge in [-0.1, -0.05) is 0 Å². The number of unbranched alkanes of at least 4 members (excludes halogenated alkanes) is 1. The summed E-state index contributed by atoms with van der Waals surface area (Å²) < 4.78 is 4.88. The summed E-state index contributed by atoms with van der Waals surface area (Å²) in [5, 5.41) is 21.8. The van der Waals surface area contributed by atoms with Gasteiger partial charge in [0.25, 0.3) is 5.91 Å². The van der Waals surface area contributed by atoms with E-state index in [4.69, 9.17) is 9.84 Å². The van der Waals surface area contributed by atoms with Crippen molar-refractivity contribution in [3.05, 3.63) is 33.9 Å². The Balaban J connectivity index is 2.58. The largest absolute Gasteiger partial charge is 0.490 e. The number of carbonyl (C=O) groups excluding carboxylic acids is 1. The number of carboxylic acid groups (broad SMARTS) is 1. The van der Waals surface area contributed by atoms with Crippen molar-refractivity contribution < 1.29 is 24.4 Å². The van der Waals surface area contributed by atoms with Gasteiger partial charge in [-0.2, -0.15) is 0 Å². The number of hydrogen-bond acceptors (Lipinski definition) is 5. The topological polar surface area (TPSA) is 119 Å². The first-order chi connectivity index (χ1) is 9.95. The Bertz CT molecular complexity index is 543. The molecule has 0 saturated carbocycles. The summed E-state index contributed by atoms with van der Waals surface area (Å²) in [6, 6.07) is 3.84. The van der Waals surface area contributed by atoms with Crippen molar-refractivity contribution in [2.24, 2.45) is 0 Å². The molecule has 0 bridgehead atoms. The molecule has 1 amide bonds. The van der Waals surface area contributed by atoms with E-state index in [0.29, 0.717) is 19.4 Å². The average Bonchev–Trinajstić information content (AvgIpc) is 2.45. The van der Waals surface area contributed by atoms with E-state index in [2.05, 4.69) is 5.32 Å².